The van der Waals surface area contributed by atoms with Crippen LogP contribution in [0.15, 0.2) is 34.9 Å². The van der Waals surface area contributed by atoms with Crippen LogP contribution in [0.25, 0.3) is 0 Å². The van der Waals surface area contributed by atoms with Crippen LogP contribution < -0.4 is 5.32 Å². The molecule has 1 aromatic heterocycles. The van der Waals surface area contributed by atoms with Crippen molar-refractivity contribution in [2.75, 3.05) is 0 Å². The fourth-order valence-corrected chi connectivity index (χ4v) is 2.10. The monoisotopic (exact) mass is 294 g/mol. The van der Waals surface area contributed by atoms with E-state index in [-0.39, 0.29) is 12.5 Å². The van der Waals surface area contributed by atoms with Crippen LogP contribution in [-0.2, 0) is 11.3 Å². The highest BCUT2D eigenvalue weighted by atomic mass is 35.5. The van der Waals surface area contributed by atoms with E-state index < -0.39 is 5.97 Å². The minimum absolute atomic E-state index is 0.0416. The van der Waals surface area contributed by atoms with E-state index in [1.807, 2.05) is 13.0 Å². The molecule has 0 aliphatic rings. The first-order valence-corrected chi connectivity index (χ1v) is 6.54. The van der Waals surface area contributed by atoms with Gasteiger partial charge in [0.1, 0.15) is 5.76 Å². The van der Waals surface area contributed by atoms with Gasteiger partial charge in [-0.25, -0.2) is 4.98 Å². The molecular formula is C14H15ClN2O3. The Hall–Kier alpha value is -1.85. The van der Waals surface area contributed by atoms with Gasteiger partial charge in [0.15, 0.2) is 0 Å². The fraction of sp³-hybridized carbons (Fsp3) is 0.286. The summed E-state index contributed by atoms with van der Waals surface area (Å²) in [5.41, 5.74) is 0.822. The summed E-state index contributed by atoms with van der Waals surface area (Å²) in [4.78, 5) is 15.0. The van der Waals surface area contributed by atoms with Crippen molar-refractivity contribution in [3.63, 3.8) is 0 Å². The summed E-state index contributed by atoms with van der Waals surface area (Å²) in [6, 6.07) is 6.79. The summed E-state index contributed by atoms with van der Waals surface area (Å²) < 4.78 is 5.35. The van der Waals surface area contributed by atoms with Crippen molar-refractivity contribution >= 4 is 17.6 Å². The summed E-state index contributed by atoms with van der Waals surface area (Å²) in [7, 11) is 0. The third-order valence-electron chi connectivity index (χ3n) is 2.80. The number of carboxylic acids is 1. The van der Waals surface area contributed by atoms with Gasteiger partial charge < -0.3 is 14.8 Å². The summed E-state index contributed by atoms with van der Waals surface area (Å²) in [5, 5.41) is 12.7. The number of hydrogen-bond acceptors (Lipinski definition) is 4. The van der Waals surface area contributed by atoms with Crippen molar-refractivity contribution in [1.82, 2.24) is 10.3 Å². The van der Waals surface area contributed by atoms with Crippen LogP contribution in [0, 0.1) is 6.92 Å². The first-order valence-electron chi connectivity index (χ1n) is 6.16. The summed E-state index contributed by atoms with van der Waals surface area (Å²) in [5.74, 6) is 0.366. The van der Waals surface area contributed by atoms with E-state index in [4.69, 9.17) is 21.1 Å². The molecule has 5 nitrogen and oxygen atoms in total. The Bertz CT molecular complexity index is 598. The van der Waals surface area contributed by atoms with Gasteiger partial charge in [0, 0.05) is 11.1 Å². The second-order valence-electron chi connectivity index (χ2n) is 4.45. The van der Waals surface area contributed by atoms with Gasteiger partial charge in [-0.1, -0.05) is 23.7 Å². The van der Waals surface area contributed by atoms with Crippen molar-refractivity contribution in [3.05, 3.63) is 52.7 Å². The molecule has 0 unspecified atom stereocenters. The lowest BCUT2D eigenvalue weighted by Crippen LogP contribution is -2.23. The maximum Gasteiger partial charge on any atom is 0.305 e. The number of nitrogens with one attached hydrogen (secondary N) is 1. The van der Waals surface area contributed by atoms with E-state index >= 15 is 0 Å². The zero-order chi connectivity index (χ0) is 14.5. The van der Waals surface area contributed by atoms with Crippen molar-refractivity contribution < 1.29 is 14.3 Å². The Morgan fingerprint density at radius 2 is 2.35 bits per heavy atom. The van der Waals surface area contributed by atoms with Crippen LogP contribution in [0.2, 0.25) is 5.02 Å². The fourth-order valence-electron chi connectivity index (χ4n) is 1.90. The number of nitrogens with zero attached hydrogens (tertiary/aromatic N) is 1. The number of benzene rings is 1. The minimum atomic E-state index is -0.883. The molecule has 0 saturated heterocycles. The number of carboxylic acid groups (broad SMARTS) is 1. The molecule has 1 aromatic carbocycles. The predicted molar refractivity (Wildman–Crippen MR) is 74.5 cm³/mol. The smallest absolute Gasteiger partial charge is 0.305 e. The third-order valence-corrected chi connectivity index (χ3v) is 3.03. The highest BCUT2D eigenvalue weighted by Crippen LogP contribution is 2.21. The van der Waals surface area contributed by atoms with E-state index in [1.165, 1.54) is 0 Å². The first kappa shape index (κ1) is 14.6. The van der Waals surface area contributed by atoms with Crippen LogP contribution in [0.3, 0.4) is 0 Å². The van der Waals surface area contributed by atoms with Crippen molar-refractivity contribution in [2.24, 2.45) is 0 Å². The van der Waals surface area contributed by atoms with Gasteiger partial charge >= 0.3 is 5.97 Å². The Kier molecular flexibility index (Phi) is 4.76. The normalized spacial score (nSPS) is 12.3. The highest BCUT2D eigenvalue weighted by Gasteiger charge is 2.16. The predicted octanol–water partition coefficient (Wildman–Crippen LogP) is 2.94. The largest absolute Gasteiger partial charge is 0.481 e. The molecule has 1 heterocycles. The number of aryl methyl sites for hydroxylation is 1. The molecule has 0 bridgehead atoms. The molecule has 0 spiro atoms. The third kappa shape index (κ3) is 4.08. The van der Waals surface area contributed by atoms with Crippen molar-refractivity contribution in [1.29, 1.82) is 0 Å². The lowest BCUT2D eigenvalue weighted by Gasteiger charge is -2.16. The molecule has 0 radical (unpaired) electrons. The summed E-state index contributed by atoms with van der Waals surface area (Å²) >= 11 is 5.94. The van der Waals surface area contributed by atoms with E-state index in [0.717, 1.165) is 11.3 Å². The number of aliphatic carboxylic acids is 1. The maximum atomic E-state index is 11.0. The molecule has 0 aliphatic heterocycles. The number of rotatable bonds is 6. The van der Waals surface area contributed by atoms with Crippen LogP contribution >= 0.6 is 11.6 Å². The molecular weight excluding hydrogens is 280 g/mol. The second kappa shape index (κ2) is 6.54. The molecule has 0 aliphatic carbocycles. The molecule has 2 N–H and O–H groups in total. The molecule has 6 heteroatoms. The first-order chi connectivity index (χ1) is 9.54. The molecule has 2 rings (SSSR count). The van der Waals surface area contributed by atoms with Gasteiger partial charge in [-0.2, -0.15) is 0 Å². The quantitative estimate of drug-likeness (QED) is 0.856. The van der Waals surface area contributed by atoms with Crippen molar-refractivity contribution in [3.8, 4) is 0 Å². The van der Waals surface area contributed by atoms with Crippen molar-refractivity contribution in [2.45, 2.75) is 25.9 Å². The Balaban J connectivity index is 2.09. The molecule has 0 fully saturated rings. The Labute approximate surface area is 121 Å². The number of hydrogen-bond donors (Lipinski definition) is 2. The van der Waals surface area contributed by atoms with Gasteiger partial charge in [-0.3, -0.25) is 4.79 Å². The average Bonchev–Trinajstić information content (AvgIpc) is 2.80. The molecule has 1 atom stereocenters. The average molecular weight is 295 g/mol. The minimum Gasteiger partial charge on any atom is -0.481 e. The van der Waals surface area contributed by atoms with Gasteiger partial charge in [0.05, 0.1) is 19.2 Å². The van der Waals surface area contributed by atoms with E-state index in [2.05, 4.69) is 10.3 Å². The molecule has 20 heavy (non-hydrogen) atoms. The lowest BCUT2D eigenvalue weighted by molar-refractivity contribution is -0.137. The summed E-state index contributed by atoms with van der Waals surface area (Å²) in [6.07, 6.45) is 1.59. The van der Waals surface area contributed by atoms with E-state index in [0.29, 0.717) is 17.5 Å². The van der Waals surface area contributed by atoms with E-state index in [1.54, 1.807) is 24.4 Å². The number of aromatic nitrogens is 1. The standard InChI is InChI=1S/C14H15ClN2O3/c1-9-7-17-13(20-9)8-16-12(6-14(18)19)10-3-2-4-11(15)5-10/h2-5,7,12,16H,6,8H2,1H3,(H,18,19)/t12-/m1/s1. The lowest BCUT2D eigenvalue weighted by atomic mass is 10.0. The molecule has 2 aromatic rings. The number of carbonyl (C=O) groups is 1. The van der Waals surface area contributed by atoms with E-state index in [9.17, 15) is 4.79 Å². The van der Waals surface area contributed by atoms with Crippen LogP contribution in [-0.4, -0.2) is 16.1 Å². The SMILES string of the molecule is Cc1cnc(CN[C@H](CC(=O)O)c2cccc(Cl)c2)o1. The zero-order valence-electron chi connectivity index (χ0n) is 11.0. The highest BCUT2D eigenvalue weighted by molar-refractivity contribution is 6.30. The van der Waals surface area contributed by atoms with Gasteiger partial charge in [0.25, 0.3) is 0 Å². The van der Waals surface area contributed by atoms with Gasteiger partial charge in [0.2, 0.25) is 5.89 Å². The molecule has 0 saturated carbocycles. The van der Waals surface area contributed by atoms with Crippen LogP contribution in [0.1, 0.15) is 29.7 Å². The zero-order valence-corrected chi connectivity index (χ0v) is 11.7. The second-order valence-corrected chi connectivity index (χ2v) is 4.89. The maximum absolute atomic E-state index is 11.0. The Morgan fingerprint density at radius 1 is 1.55 bits per heavy atom. The van der Waals surface area contributed by atoms with Gasteiger partial charge in [-0.05, 0) is 24.6 Å². The van der Waals surface area contributed by atoms with Crippen LogP contribution in [0.5, 0.6) is 0 Å². The van der Waals surface area contributed by atoms with Crippen LogP contribution in [0.4, 0.5) is 0 Å². The topological polar surface area (TPSA) is 75.4 Å². The Morgan fingerprint density at radius 3 is 2.95 bits per heavy atom. The molecule has 0 amide bonds. The molecule has 106 valence electrons. The summed E-state index contributed by atoms with van der Waals surface area (Å²) in [6.45, 7) is 2.17. The van der Waals surface area contributed by atoms with Gasteiger partial charge in [-0.15, -0.1) is 0 Å². The number of oxazole rings is 1. The number of halogens is 1.